The second-order valence-electron chi connectivity index (χ2n) is 5.98. The van der Waals surface area contributed by atoms with Gasteiger partial charge < -0.3 is 23.7 Å². The van der Waals surface area contributed by atoms with Gasteiger partial charge in [-0.25, -0.2) is 4.79 Å². The lowest BCUT2D eigenvalue weighted by Crippen LogP contribution is -2.32. The molecule has 0 bridgehead atoms. The van der Waals surface area contributed by atoms with Crippen LogP contribution in [-0.2, 0) is 14.3 Å². The van der Waals surface area contributed by atoms with Crippen molar-refractivity contribution in [1.29, 1.82) is 0 Å². The van der Waals surface area contributed by atoms with E-state index in [0.717, 1.165) is 0 Å². The lowest BCUT2D eigenvalue weighted by Gasteiger charge is -2.22. The number of ether oxygens (including phenoxy) is 5. The summed E-state index contributed by atoms with van der Waals surface area (Å²) < 4.78 is 26.2. The van der Waals surface area contributed by atoms with Crippen LogP contribution in [0.25, 0.3) is 0 Å². The van der Waals surface area contributed by atoms with Crippen molar-refractivity contribution in [1.82, 2.24) is 0 Å². The molecule has 0 saturated heterocycles. The minimum absolute atomic E-state index is 0.208. The summed E-state index contributed by atoms with van der Waals surface area (Å²) in [6.07, 6.45) is -1.97. The van der Waals surface area contributed by atoms with E-state index in [4.69, 9.17) is 23.7 Å². The first kappa shape index (κ1) is 17.9. The van der Waals surface area contributed by atoms with Gasteiger partial charge in [-0.15, -0.1) is 0 Å². The number of esters is 1. The van der Waals surface area contributed by atoms with Crippen molar-refractivity contribution >= 4 is 12.1 Å². The van der Waals surface area contributed by atoms with Crippen LogP contribution in [0.4, 0.5) is 4.79 Å². The van der Waals surface area contributed by atoms with Crippen LogP contribution >= 0.6 is 0 Å². The van der Waals surface area contributed by atoms with Crippen molar-refractivity contribution in [3.05, 3.63) is 18.2 Å². The monoisotopic (exact) mass is 338 g/mol. The SMILES string of the molecule is CC(C)C(=O)O[C@@H](OC(=O)Oc1ccc2c(c1)OCCO2)C(C)C. The highest BCUT2D eigenvalue weighted by Gasteiger charge is 2.25. The summed E-state index contributed by atoms with van der Waals surface area (Å²) >= 11 is 0. The Hall–Kier alpha value is -2.44. The predicted octanol–water partition coefficient (Wildman–Crippen LogP) is 3.15. The van der Waals surface area contributed by atoms with E-state index in [0.29, 0.717) is 24.7 Å². The third-order valence-electron chi connectivity index (χ3n) is 3.18. The number of carbonyl (C=O) groups is 2. The first-order valence-corrected chi connectivity index (χ1v) is 7.85. The molecule has 132 valence electrons. The maximum atomic E-state index is 11.9. The van der Waals surface area contributed by atoms with Gasteiger partial charge in [-0.3, -0.25) is 4.79 Å². The quantitative estimate of drug-likeness (QED) is 0.463. The van der Waals surface area contributed by atoms with Crippen molar-refractivity contribution in [2.24, 2.45) is 11.8 Å². The molecule has 0 saturated carbocycles. The lowest BCUT2D eigenvalue weighted by molar-refractivity contribution is -0.180. The number of benzene rings is 1. The molecule has 1 aliphatic heterocycles. The molecule has 1 heterocycles. The minimum Gasteiger partial charge on any atom is -0.486 e. The lowest BCUT2D eigenvalue weighted by atomic mass is 10.2. The first-order valence-electron chi connectivity index (χ1n) is 7.85. The van der Waals surface area contributed by atoms with E-state index in [1.54, 1.807) is 45.9 Å². The molecule has 0 spiro atoms. The molecule has 7 heteroatoms. The molecule has 1 aromatic rings. The van der Waals surface area contributed by atoms with Gasteiger partial charge in [-0.2, -0.15) is 0 Å². The van der Waals surface area contributed by atoms with E-state index in [1.165, 1.54) is 0 Å². The van der Waals surface area contributed by atoms with Gasteiger partial charge in [0.15, 0.2) is 11.5 Å². The smallest absolute Gasteiger partial charge is 0.486 e. The summed E-state index contributed by atoms with van der Waals surface area (Å²) in [4.78, 5) is 23.6. The third-order valence-corrected chi connectivity index (χ3v) is 3.18. The van der Waals surface area contributed by atoms with E-state index in [9.17, 15) is 9.59 Å². The van der Waals surface area contributed by atoms with Crippen molar-refractivity contribution in [3.8, 4) is 17.2 Å². The predicted molar refractivity (Wildman–Crippen MR) is 84.1 cm³/mol. The highest BCUT2D eigenvalue weighted by molar-refractivity contribution is 5.72. The Kier molecular flexibility index (Phi) is 5.89. The molecular formula is C17H22O7. The number of carbonyl (C=O) groups excluding carboxylic acids is 2. The van der Waals surface area contributed by atoms with E-state index in [2.05, 4.69) is 0 Å². The van der Waals surface area contributed by atoms with Crippen LogP contribution in [0.15, 0.2) is 18.2 Å². The topological polar surface area (TPSA) is 80.3 Å². The number of hydrogen-bond donors (Lipinski definition) is 0. The summed E-state index contributed by atoms with van der Waals surface area (Å²) in [5, 5.41) is 0. The summed E-state index contributed by atoms with van der Waals surface area (Å²) in [6, 6.07) is 4.76. The molecule has 0 amide bonds. The number of hydrogen-bond acceptors (Lipinski definition) is 7. The van der Waals surface area contributed by atoms with Crippen LogP contribution in [-0.4, -0.2) is 31.6 Å². The summed E-state index contributed by atoms with van der Waals surface area (Å²) in [7, 11) is 0. The van der Waals surface area contributed by atoms with Crippen LogP contribution in [0.1, 0.15) is 27.7 Å². The molecule has 1 atom stereocenters. The Balaban J connectivity index is 1.96. The fraction of sp³-hybridized carbons (Fsp3) is 0.529. The van der Waals surface area contributed by atoms with Crippen LogP contribution in [0.2, 0.25) is 0 Å². The fourth-order valence-corrected chi connectivity index (χ4v) is 1.85. The molecule has 2 rings (SSSR count). The Morgan fingerprint density at radius 3 is 2.29 bits per heavy atom. The second kappa shape index (κ2) is 7.90. The third kappa shape index (κ3) is 4.78. The van der Waals surface area contributed by atoms with Crippen LogP contribution in [0.5, 0.6) is 17.2 Å². The molecule has 0 unspecified atom stereocenters. The van der Waals surface area contributed by atoms with E-state index in [1.807, 2.05) is 0 Å². The molecule has 7 nitrogen and oxygen atoms in total. The summed E-state index contributed by atoms with van der Waals surface area (Å²) in [6.45, 7) is 7.86. The highest BCUT2D eigenvalue weighted by Crippen LogP contribution is 2.33. The number of fused-ring (bicyclic) bond motifs is 1. The zero-order valence-electron chi connectivity index (χ0n) is 14.2. The maximum Gasteiger partial charge on any atom is 0.516 e. The molecular weight excluding hydrogens is 316 g/mol. The summed E-state index contributed by atoms with van der Waals surface area (Å²) in [5.74, 6) is 0.373. The van der Waals surface area contributed by atoms with Gasteiger partial charge >= 0.3 is 12.1 Å². The molecule has 1 aromatic carbocycles. The zero-order chi connectivity index (χ0) is 17.7. The molecule has 0 N–H and O–H groups in total. The van der Waals surface area contributed by atoms with Gasteiger partial charge in [0, 0.05) is 12.0 Å². The Morgan fingerprint density at radius 1 is 1.00 bits per heavy atom. The van der Waals surface area contributed by atoms with Crippen LogP contribution < -0.4 is 14.2 Å². The molecule has 0 radical (unpaired) electrons. The Morgan fingerprint density at radius 2 is 1.67 bits per heavy atom. The van der Waals surface area contributed by atoms with Gasteiger partial charge in [-0.1, -0.05) is 27.7 Å². The maximum absolute atomic E-state index is 11.9. The molecule has 24 heavy (non-hydrogen) atoms. The molecule has 0 aromatic heterocycles. The van der Waals surface area contributed by atoms with Crippen molar-refractivity contribution in [2.75, 3.05) is 13.2 Å². The average Bonchev–Trinajstić information content (AvgIpc) is 2.53. The zero-order valence-corrected chi connectivity index (χ0v) is 14.2. The molecule has 0 fully saturated rings. The normalized spacial score (nSPS) is 14.2. The number of rotatable bonds is 5. The second-order valence-corrected chi connectivity index (χ2v) is 5.98. The standard InChI is InChI=1S/C17H22O7/c1-10(2)15(18)23-16(11(3)4)24-17(19)22-12-5-6-13-14(9-12)21-8-7-20-13/h5-6,9-11,16H,7-8H2,1-4H3/t16-/m0/s1. The van der Waals surface area contributed by atoms with E-state index >= 15 is 0 Å². The van der Waals surface area contributed by atoms with Gasteiger partial charge in [0.1, 0.15) is 19.0 Å². The Labute approximate surface area is 140 Å². The van der Waals surface area contributed by atoms with E-state index < -0.39 is 18.4 Å². The average molecular weight is 338 g/mol. The van der Waals surface area contributed by atoms with Crippen LogP contribution in [0, 0.1) is 11.8 Å². The first-order chi connectivity index (χ1) is 11.4. The molecule has 1 aliphatic rings. The Bertz CT molecular complexity index is 595. The fourth-order valence-electron chi connectivity index (χ4n) is 1.85. The summed E-state index contributed by atoms with van der Waals surface area (Å²) in [5.41, 5.74) is 0. The van der Waals surface area contributed by atoms with Crippen molar-refractivity contribution in [3.63, 3.8) is 0 Å². The van der Waals surface area contributed by atoms with Gasteiger partial charge in [0.2, 0.25) is 0 Å². The largest absolute Gasteiger partial charge is 0.516 e. The highest BCUT2D eigenvalue weighted by atomic mass is 16.8. The van der Waals surface area contributed by atoms with E-state index in [-0.39, 0.29) is 17.6 Å². The minimum atomic E-state index is -1.01. The van der Waals surface area contributed by atoms with Crippen molar-refractivity contribution < 1.29 is 33.3 Å². The molecule has 0 aliphatic carbocycles. The van der Waals surface area contributed by atoms with Gasteiger partial charge in [0.05, 0.1) is 5.92 Å². The van der Waals surface area contributed by atoms with Gasteiger partial charge in [-0.05, 0) is 12.1 Å². The van der Waals surface area contributed by atoms with Crippen molar-refractivity contribution in [2.45, 2.75) is 34.0 Å². The van der Waals surface area contributed by atoms with Crippen LogP contribution in [0.3, 0.4) is 0 Å². The van der Waals surface area contributed by atoms with Gasteiger partial charge in [0.25, 0.3) is 6.29 Å².